The van der Waals surface area contributed by atoms with E-state index in [1.807, 2.05) is 30.3 Å². The SMILES string of the molecule is CCC1CCCCN1Cc1c(O)c(Cl)cc2c(-c3ccccc3)cc(=O)oc12. The number of aromatic hydroxyl groups is 1. The van der Waals surface area contributed by atoms with Crippen molar-refractivity contribution < 1.29 is 9.52 Å². The van der Waals surface area contributed by atoms with E-state index in [2.05, 4.69) is 11.8 Å². The second kappa shape index (κ2) is 7.98. The maximum Gasteiger partial charge on any atom is 0.336 e. The van der Waals surface area contributed by atoms with Crippen molar-refractivity contribution in [2.75, 3.05) is 6.54 Å². The fourth-order valence-corrected chi connectivity index (χ4v) is 4.48. The number of likely N-dealkylation sites (tertiary alicyclic amines) is 1. The Labute approximate surface area is 169 Å². The van der Waals surface area contributed by atoms with Crippen molar-refractivity contribution in [2.24, 2.45) is 0 Å². The molecule has 0 amide bonds. The highest BCUT2D eigenvalue weighted by molar-refractivity contribution is 6.33. The molecule has 1 saturated heterocycles. The molecule has 1 fully saturated rings. The molecule has 28 heavy (non-hydrogen) atoms. The Morgan fingerprint density at radius 1 is 1.21 bits per heavy atom. The molecule has 2 aromatic carbocycles. The molecule has 1 N–H and O–H groups in total. The van der Waals surface area contributed by atoms with E-state index in [9.17, 15) is 9.90 Å². The van der Waals surface area contributed by atoms with Gasteiger partial charge in [0.2, 0.25) is 0 Å². The minimum absolute atomic E-state index is 0.00274. The fourth-order valence-electron chi connectivity index (χ4n) is 4.25. The minimum atomic E-state index is -0.431. The number of phenolic OH excluding ortho intramolecular Hbond substituents is 1. The zero-order valence-electron chi connectivity index (χ0n) is 16.0. The second-order valence-electron chi connectivity index (χ2n) is 7.44. The minimum Gasteiger partial charge on any atom is -0.506 e. The van der Waals surface area contributed by atoms with Crippen LogP contribution in [0.25, 0.3) is 22.1 Å². The third-order valence-corrected chi connectivity index (χ3v) is 6.01. The van der Waals surface area contributed by atoms with Crippen LogP contribution in [-0.2, 0) is 6.54 Å². The van der Waals surface area contributed by atoms with Crippen LogP contribution >= 0.6 is 11.6 Å². The van der Waals surface area contributed by atoms with Gasteiger partial charge in [0.1, 0.15) is 11.3 Å². The zero-order chi connectivity index (χ0) is 19.7. The molecular formula is C23H24ClNO3. The Morgan fingerprint density at radius 2 is 2.00 bits per heavy atom. The highest BCUT2D eigenvalue weighted by Crippen LogP contribution is 2.39. The van der Waals surface area contributed by atoms with Gasteiger partial charge in [-0.1, -0.05) is 55.3 Å². The Bertz CT molecular complexity index is 1050. The van der Waals surface area contributed by atoms with E-state index >= 15 is 0 Å². The average Bonchev–Trinajstić information content (AvgIpc) is 2.72. The van der Waals surface area contributed by atoms with Crippen LogP contribution in [0.3, 0.4) is 0 Å². The normalized spacial score (nSPS) is 17.9. The second-order valence-corrected chi connectivity index (χ2v) is 7.84. The summed E-state index contributed by atoms with van der Waals surface area (Å²) in [5.41, 5.74) is 2.27. The topological polar surface area (TPSA) is 53.7 Å². The lowest BCUT2D eigenvalue weighted by Crippen LogP contribution is -2.38. The van der Waals surface area contributed by atoms with Gasteiger partial charge < -0.3 is 9.52 Å². The molecule has 1 atom stereocenters. The summed E-state index contributed by atoms with van der Waals surface area (Å²) >= 11 is 6.39. The highest BCUT2D eigenvalue weighted by Gasteiger charge is 2.25. The smallest absolute Gasteiger partial charge is 0.336 e. The van der Waals surface area contributed by atoms with Crippen molar-refractivity contribution in [1.29, 1.82) is 0 Å². The van der Waals surface area contributed by atoms with Gasteiger partial charge in [-0.25, -0.2) is 4.79 Å². The molecule has 4 rings (SSSR count). The molecule has 0 radical (unpaired) electrons. The number of phenols is 1. The lowest BCUT2D eigenvalue weighted by molar-refractivity contribution is 0.135. The van der Waals surface area contributed by atoms with E-state index in [1.54, 1.807) is 6.07 Å². The van der Waals surface area contributed by atoms with Crippen LogP contribution in [0.5, 0.6) is 5.75 Å². The van der Waals surface area contributed by atoms with Gasteiger partial charge >= 0.3 is 5.63 Å². The maximum atomic E-state index is 12.3. The van der Waals surface area contributed by atoms with Crippen LogP contribution in [0.15, 0.2) is 51.7 Å². The Morgan fingerprint density at radius 3 is 2.75 bits per heavy atom. The van der Waals surface area contributed by atoms with Gasteiger partial charge in [0.15, 0.2) is 0 Å². The number of rotatable bonds is 4. The van der Waals surface area contributed by atoms with Gasteiger partial charge in [0.05, 0.1) is 10.6 Å². The molecule has 2 heterocycles. The number of piperidine rings is 1. The van der Waals surface area contributed by atoms with Gasteiger partial charge in [0, 0.05) is 24.0 Å². The molecule has 0 saturated carbocycles. The standard InChI is InChI=1S/C23H24ClNO3/c1-2-16-10-6-7-11-25(16)14-19-22(27)20(24)12-18-17(13-21(26)28-23(18)19)15-8-4-3-5-9-15/h3-5,8-9,12-13,16,27H,2,6-7,10-11,14H2,1H3. The molecule has 1 aliphatic heterocycles. The summed E-state index contributed by atoms with van der Waals surface area (Å²) in [7, 11) is 0. The molecule has 0 bridgehead atoms. The first-order valence-corrected chi connectivity index (χ1v) is 10.2. The van der Waals surface area contributed by atoms with E-state index in [4.69, 9.17) is 16.0 Å². The Balaban J connectivity index is 1.90. The molecule has 1 unspecified atom stereocenters. The van der Waals surface area contributed by atoms with Gasteiger partial charge in [-0.3, -0.25) is 4.90 Å². The summed E-state index contributed by atoms with van der Waals surface area (Å²) in [5, 5.41) is 11.7. The van der Waals surface area contributed by atoms with Gasteiger partial charge in [-0.2, -0.15) is 0 Å². The summed E-state index contributed by atoms with van der Waals surface area (Å²) < 4.78 is 5.60. The molecule has 4 nitrogen and oxygen atoms in total. The van der Waals surface area contributed by atoms with Crippen LogP contribution in [0, 0.1) is 0 Å². The van der Waals surface area contributed by atoms with Crippen LogP contribution in [-0.4, -0.2) is 22.6 Å². The van der Waals surface area contributed by atoms with E-state index in [-0.39, 0.29) is 10.8 Å². The summed E-state index contributed by atoms with van der Waals surface area (Å²) in [6.07, 6.45) is 4.56. The first kappa shape index (κ1) is 19.0. The molecule has 3 aromatic rings. The number of benzene rings is 2. The van der Waals surface area contributed by atoms with Crippen LogP contribution in [0.4, 0.5) is 0 Å². The number of hydrogen-bond donors (Lipinski definition) is 1. The molecule has 0 aliphatic carbocycles. The van der Waals surface area contributed by atoms with Crippen LogP contribution in [0.1, 0.15) is 38.2 Å². The number of hydrogen-bond acceptors (Lipinski definition) is 4. The predicted octanol–water partition coefficient (Wildman–Crippen LogP) is 5.58. The monoisotopic (exact) mass is 397 g/mol. The van der Waals surface area contributed by atoms with E-state index in [1.165, 1.54) is 12.5 Å². The van der Waals surface area contributed by atoms with Crippen molar-refractivity contribution in [1.82, 2.24) is 4.90 Å². The third-order valence-electron chi connectivity index (χ3n) is 5.72. The van der Waals surface area contributed by atoms with Crippen molar-refractivity contribution >= 4 is 22.6 Å². The van der Waals surface area contributed by atoms with Crippen LogP contribution in [0.2, 0.25) is 5.02 Å². The predicted molar refractivity (Wildman–Crippen MR) is 113 cm³/mol. The third kappa shape index (κ3) is 3.54. The average molecular weight is 398 g/mol. The molecule has 1 aliphatic rings. The number of halogens is 1. The van der Waals surface area contributed by atoms with E-state index in [0.29, 0.717) is 23.7 Å². The van der Waals surface area contributed by atoms with Crippen molar-refractivity contribution in [3.63, 3.8) is 0 Å². The van der Waals surface area contributed by atoms with Gasteiger partial charge in [-0.05, 0) is 43.0 Å². The number of fused-ring (bicyclic) bond motifs is 1. The molecular weight excluding hydrogens is 374 g/mol. The lowest BCUT2D eigenvalue weighted by atomic mass is 9.97. The number of nitrogens with zero attached hydrogens (tertiary/aromatic N) is 1. The molecule has 0 spiro atoms. The Kier molecular flexibility index (Phi) is 5.42. The summed E-state index contributed by atoms with van der Waals surface area (Å²) in [6.45, 7) is 3.67. The van der Waals surface area contributed by atoms with E-state index in [0.717, 1.165) is 42.3 Å². The summed E-state index contributed by atoms with van der Waals surface area (Å²) in [6, 6.07) is 13.3. The van der Waals surface area contributed by atoms with Crippen molar-refractivity contribution in [2.45, 2.75) is 45.2 Å². The Hall–Kier alpha value is -2.30. The molecule has 146 valence electrons. The van der Waals surface area contributed by atoms with Crippen molar-refractivity contribution in [3.05, 3.63) is 63.5 Å². The molecule has 5 heteroatoms. The molecule has 1 aromatic heterocycles. The van der Waals surface area contributed by atoms with Crippen LogP contribution < -0.4 is 5.63 Å². The largest absolute Gasteiger partial charge is 0.506 e. The lowest BCUT2D eigenvalue weighted by Gasteiger charge is -2.35. The summed E-state index contributed by atoms with van der Waals surface area (Å²) in [4.78, 5) is 14.7. The van der Waals surface area contributed by atoms with Gasteiger partial charge in [-0.15, -0.1) is 0 Å². The highest BCUT2D eigenvalue weighted by atomic mass is 35.5. The van der Waals surface area contributed by atoms with Gasteiger partial charge in [0.25, 0.3) is 0 Å². The first-order chi connectivity index (χ1) is 13.6. The summed E-state index contributed by atoms with van der Waals surface area (Å²) in [5.74, 6) is 0.00274. The van der Waals surface area contributed by atoms with Crippen molar-refractivity contribution in [3.8, 4) is 16.9 Å². The zero-order valence-corrected chi connectivity index (χ0v) is 16.7. The fraction of sp³-hybridized carbons (Fsp3) is 0.348. The van der Waals surface area contributed by atoms with E-state index < -0.39 is 5.63 Å². The maximum absolute atomic E-state index is 12.3. The quantitative estimate of drug-likeness (QED) is 0.583. The first-order valence-electron chi connectivity index (χ1n) is 9.86.